The molecule has 0 N–H and O–H groups in total. The van der Waals surface area contributed by atoms with E-state index in [2.05, 4.69) is 158 Å². The van der Waals surface area contributed by atoms with E-state index >= 15 is 0 Å². The molecule has 3 heteroatoms. The van der Waals surface area contributed by atoms with Gasteiger partial charge in [0.2, 0.25) is 0 Å². The molecular weight excluding hydrogens is 661 g/mol. The summed E-state index contributed by atoms with van der Waals surface area (Å²) in [6.45, 7) is 0. The Labute approximate surface area is 310 Å². The molecule has 3 aromatic heterocycles. The van der Waals surface area contributed by atoms with Gasteiger partial charge in [0.15, 0.2) is 0 Å². The number of pyridine rings is 2. The highest BCUT2D eigenvalue weighted by atomic mass is 32.1. The average Bonchev–Trinajstić information content (AvgIpc) is 3.61. The van der Waals surface area contributed by atoms with Gasteiger partial charge >= 0.3 is 0 Å². The van der Waals surface area contributed by atoms with Gasteiger partial charge in [0.1, 0.15) is 0 Å². The van der Waals surface area contributed by atoms with E-state index in [0.29, 0.717) is 0 Å². The highest BCUT2D eigenvalue weighted by Gasteiger charge is 2.19. The molecule has 3 heterocycles. The van der Waals surface area contributed by atoms with E-state index in [1.807, 2.05) is 35.9 Å². The third-order valence-corrected chi connectivity index (χ3v) is 12.0. The van der Waals surface area contributed by atoms with Crippen LogP contribution in [0, 0.1) is 0 Å². The summed E-state index contributed by atoms with van der Waals surface area (Å²) in [5, 5.41) is 9.57. The summed E-state index contributed by atoms with van der Waals surface area (Å²) in [5.74, 6) is 0. The van der Waals surface area contributed by atoms with Crippen LogP contribution >= 0.6 is 11.3 Å². The van der Waals surface area contributed by atoms with E-state index in [9.17, 15) is 0 Å². The fourth-order valence-corrected chi connectivity index (χ4v) is 9.50. The number of fused-ring (bicyclic) bond motifs is 9. The lowest BCUT2D eigenvalue weighted by molar-refractivity contribution is 1.43. The molecule has 0 radical (unpaired) electrons. The topological polar surface area (TPSA) is 25.8 Å². The molecule has 0 unspecified atom stereocenters. The molecule has 0 spiro atoms. The smallest absolute Gasteiger partial charge is 0.0786 e. The summed E-state index contributed by atoms with van der Waals surface area (Å²) in [6.07, 6.45) is 3.80. The summed E-state index contributed by atoms with van der Waals surface area (Å²) < 4.78 is 2.59. The average molecular weight is 691 g/mol. The van der Waals surface area contributed by atoms with Crippen molar-refractivity contribution >= 4 is 74.9 Å². The Kier molecular flexibility index (Phi) is 6.76. The van der Waals surface area contributed by atoms with Crippen molar-refractivity contribution in [3.05, 3.63) is 182 Å². The monoisotopic (exact) mass is 690 g/mol. The van der Waals surface area contributed by atoms with Crippen LogP contribution in [0.15, 0.2) is 182 Å². The van der Waals surface area contributed by atoms with E-state index < -0.39 is 0 Å². The summed E-state index contributed by atoms with van der Waals surface area (Å²) >= 11 is 1.90. The predicted octanol–water partition coefficient (Wildman–Crippen LogP) is 14.1. The number of hydrogen-bond acceptors (Lipinski definition) is 3. The molecule has 53 heavy (non-hydrogen) atoms. The van der Waals surface area contributed by atoms with Crippen molar-refractivity contribution in [3.63, 3.8) is 0 Å². The Hall–Kier alpha value is -6.68. The lowest BCUT2D eigenvalue weighted by Crippen LogP contribution is -1.88. The molecule has 2 nitrogen and oxygen atoms in total. The number of benzene rings is 8. The van der Waals surface area contributed by atoms with Gasteiger partial charge in [-0.2, -0.15) is 0 Å². The number of thiophene rings is 1. The zero-order valence-corrected chi connectivity index (χ0v) is 29.4. The van der Waals surface area contributed by atoms with Crippen molar-refractivity contribution in [3.8, 4) is 44.5 Å². The fourth-order valence-electron chi connectivity index (χ4n) is 8.16. The first-order chi connectivity index (χ1) is 26.3. The van der Waals surface area contributed by atoms with Gasteiger partial charge in [-0.3, -0.25) is 9.97 Å². The summed E-state index contributed by atoms with van der Waals surface area (Å²) in [7, 11) is 0. The van der Waals surface area contributed by atoms with Crippen molar-refractivity contribution < 1.29 is 0 Å². The standard InChI is InChI=1S/C50H30N2S/c1-3-10-31(11-4-1)42-27-38(37-23-19-33-18-21-35-15-8-24-51-47(35)41(33)26-37)28-44-45-30-39(29-43(50(45)53-49(42)44)32-12-5-2-6-13-32)40-17-7-14-34-20-22-36-16-9-25-52-48(36)46(34)40/h1-30H. The van der Waals surface area contributed by atoms with Crippen LogP contribution in [-0.2, 0) is 0 Å². The van der Waals surface area contributed by atoms with Crippen molar-refractivity contribution in [2.45, 2.75) is 0 Å². The maximum atomic E-state index is 4.91. The second-order valence-electron chi connectivity index (χ2n) is 13.8. The number of hydrogen-bond donors (Lipinski definition) is 0. The van der Waals surface area contributed by atoms with Crippen molar-refractivity contribution in [2.24, 2.45) is 0 Å². The second-order valence-corrected chi connectivity index (χ2v) is 14.8. The first kappa shape index (κ1) is 30.0. The molecular formula is C50H30N2S. The van der Waals surface area contributed by atoms with Crippen LogP contribution in [0.3, 0.4) is 0 Å². The van der Waals surface area contributed by atoms with Gasteiger partial charge in [0.25, 0.3) is 0 Å². The number of rotatable bonds is 4. The number of aromatic nitrogens is 2. The summed E-state index contributed by atoms with van der Waals surface area (Å²) in [4.78, 5) is 9.71. The third kappa shape index (κ3) is 4.86. The Morgan fingerprint density at radius 2 is 0.868 bits per heavy atom. The molecule has 0 fully saturated rings. The quantitative estimate of drug-likeness (QED) is 0.172. The van der Waals surface area contributed by atoms with E-state index in [0.717, 1.165) is 21.8 Å². The molecule has 11 rings (SSSR count). The van der Waals surface area contributed by atoms with Gasteiger partial charge in [-0.15, -0.1) is 11.3 Å². The Morgan fingerprint density at radius 1 is 0.321 bits per heavy atom. The lowest BCUT2D eigenvalue weighted by atomic mass is 9.91. The number of nitrogens with zero attached hydrogens (tertiary/aromatic N) is 2. The Balaban J connectivity index is 1.25. The molecule has 0 saturated heterocycles. The Bertz CT molecular complexity index is 3220. The Morgan fingerprint density at radius 3 is 1.58 bits per heavy atom. The van der Waals surface area contributed by atoms with E-state index in [-0.39, 0.29) is 0 Å². The van der Waals surface area contributed by atoms with E-state index in [1.165, 1.54) is 86.2 Å². The lowest BCUT2D eigenvalue weighted by Gasteiger charge is -2.13. The van der Waals surface area contributed by atoms with E-state index in [1.54, 1.807) is 0 Å². The van der Waals surface area contributed by atoms with Crippen LogP contribution in [0.4, 0.5) is 0 Å². The van der Waals surface area contributed by atoms with Gasteiger partial charge in [0, 0.05) is 65.2 Å². The molecule has 0 aliphatic rings. The van der Waals surface area contributed by atoms with Crippen LogP contribution in [0.5, 0.6) is 0 Å². The third-order valence-electron chi connectivity index (χ3n) is 10.7. The van der Waals surface area contributed by atoms with Crippen molar-refractivity contribution in [2.75, 3.05) is 0 Å². The molecule has 0 aliphatic carbocycles. The first-order valence-corrected chi connectivity index (χ1v) is 18.8. The van der Waals surface area contributed by atoms with Gasteiger partial charge < -0.3 is 0 Å². The molecule has 0 amide bonds. The maximum Gasteiger partial charge on any atom is 0.0786 e. The van der Waals surface area contributed by atoms with Crippen molar-refractivity contribution in [1.29, 1.82) is 0 Å². The minimum atomic E-state index is 1.03. The van der Waals surface area contributed by atoms with Crippen molar-refractivity contribution in [1.82, 2.24) is 9.97 Å². The molecule has 11 aromatic rings. The SMILES string of the molecule is c1ccc(-c2cc(-c3ccc4ccc5cccnc5c4c3)cc3c2sc2c(-c4ccccc4)cc(-c4cccc5ccc6cccnc6c45)cc23)cc1. The molecule has 0 atom stereocenters. The molecule has 8 aromatic carbocycles. The first-order valence-electron chi connectivity index (χ1n) is 18.0. The highest BCUT2D eigenvalue weighted by Crippen LogP contribution is 2.48. The zero-order chi connectivity index (χ0) is 34.9. The van der Waals surface area contributed by atoms with Gasteiger partial charge in [0.05, 0.1) is 11.0 Å². The van der Waals surface area contributed by atoms with Crippen LogP contribution in [0.1, 0.15) is 0 Å². The van der Waals surface area contributed by atoms with Crippen LogP contribution in [0.2, 0.25) is 0 Å². The van der Waals surface area contributed by atoms with Gasteiger partial charge in [-0.25, -0.2) is 0 Å². The maximum absolute atomic E-state index is 4.91. The molecule has 0 saturated carbocycles. The second kappa shape index (κ2) is 11.9. The highest BCUT2D eigenvalue weighted by molar-refractivity contribution is 7.27. The largest absolute Gasteiger partial charge is 0.256 e. The zero-order valence-electron chi connectivity index (χ0n) is 28.6. The summed E-state index contributed by atoms with van der Waals surface area (Å²) in [6, 6.07) is 61.9. The fraction of sp³-hybridized carbons (Fsp3) is 0. The van der Waals surface area contributed by atoms with E-state index in [4.69, 9.17) is 9.97 Å². The van der Waals surface area contributed by atoms with Gasteiger partial charge in [-0.05, 0) is 86.6 Å². The minimum Gasteiger partial charge on any atom is -0.256 e. The molecule has 0 aliphatic heterocycles. The van der Waals surface area contributed by atoms with Crippen LogP contribution < -0.4 is 0 Å². The summed E-state index contributed by atoms with van der Waals surface area (Å²) in [5.41, 5.74) is 11.7. The molecule has 0 bridgehead atoms. The van der Waals surface area contributed by atoms with Crippen LogP contribution in [0.25, 0.3) is 108 Å². The van der Waals surface area contributed by atoms with Gasteiger partial charge in [-0.1, -0.05) is 127 Å². The predicted molar refractivity (Wildman–Crippen MR) is 227 cm³/mol. The minimum absolute atomic E-state index is 1.03. The normalized spacial score (nSPS) is 11.8. The molecule has 246 valence electrons. The van der Waals surface area contributed by atoms with Crippen LogP contribution in [-0.4, -0.2) is 9.97 Å².